The Morgan fingerprint density at radius 1 is 1.25 bits per heavy atom. The summed E-state index contributed by atoms with van der Waals surface area (Å²) in [6, 6.07) is 8.84. The predicted molar refractivity (Wildman–Crippen MR) is 119 cm³/mol. The Hall–Kier alpha value is -3.55. The minimum Gasteiger partial charge on any atom is -0.462 e. The van der Waals surface area contributed by atoms with Gasteiger partial charge in [-0.25, -0.2) is 4.79 Å². The number of aromatic nitrogens is 1. The first-order valence-electron chi connectivity index (χ1n) is 10.6. The number of pyridine rings is 1. The summed E-state index contributed by atoms with van der Waals surface area (Å²) in [4.78, 5) is 42.7. The number of benzene rings is 1. The monoisotopic (exact) mass is 437 g/mol. The van der Waals surface area contributed by atoms with Crippen LogP contribution in [0.25, 0.3) is 0 Å². The Balaban J connectivity index is 2.17. The Morgan fingerprint density at radius 2 is 1.94 bits per heavy atom. The molecule has 4 rings (SSSR count). The maximum absolute atomic E-state index is 14.3. The van der Waals surface area contributed by atoms with E-state index in [4.69, 9.17) is 15.2 Å². The highest BCUT2D eigenvalue weighted by atomic mass is 16.5. The van der Waals surface area contributed by atoms with Gasteiger partial charge in [-0.3, -0.25) is 9.59 Å². The molecule has 2 aliphatic heterocycles. The van der Waals surface area contributed by atoms with Gasteiger partial charge < -0.3 is 24.7 Å². The van der Waals surface area contributed by atoms with E-state index in [0.717, 1.165) is 0 Å². The lowest BCUT2D eigenvalue weighted by Gasteiger charge is -2.36. The van der Waals surface area contributed by atoms with Crippen molar-refractivity contribution in [1.29, 1.82) is 0 Å². The maximum Gasteiger partial charge on any atom is 0.341 e. The van der Waals surface area contributed by atoms with Crippen LogP contribution in [0.3, 0.4) is 0 Å². The normalized spacial score (nSPS) is 19.3. The van der Waals surface area contributed by atoms with E-state index < -0.39 is 22.9 Å². The van der Waals surface area contributed by atoms with Crippen LogP contribution in [0.4, 0.5) is 5.69 Å². The zero-order valence-corrected chi connectivity index (χ0v) is 18.9. The zero-order chi connectivity index (χ0) is 23.4. The number of ether oxygens (including phenoxy) is 2. The van der Waals surface area contributed by atoms with Gasteiger partial charge in [-0.05, 0) is 25.8 Å². The van der Waals surface area contributed by atoms with Crippen molar-refractivity contribution >= 4 is 17.6 Å². The average Bonchev–Trinajstić information content (AvgIpc) is 2.95. The van der Waals surface area contributed by atoms with Gasteiger partial charge in [0.1, 0.15) is 16.7 Å². The molecule has 8 heteroatoms. The first kappa shape index (κ1) is 21.7. The van der Waals surface area contributed by atoms with Crippen molar-refractivity contribution in [2.75, 3.05) is 18.1 Å². The summed E-state index contributed by atoms with van der Waals surface area (Å²) in [5, 5.41) is 0. The van der Waals surface area contributed by atoms with Gasteiger partial charge in [-0.15, -0.1) is 0 Å². The molecule has 1 spiro atoms. The number of anilines is 1. The molecule has 2 aromatic rings. The van der Waals surface area contributed by atoms with Crippen LogP contribution in [-0.4, -0.2) is 29.6 Å². The fourth-order valence-corrected chi connectivity index (χ4v) is 4.64. The Labute approximate surface area is 186 Å². The summed E-state index contributed by atoms with van der Waals surface area (Å²) in [6.45, 7) is 7.91. The van der Waals surface area contributed by atoms with Crippen LogP contribution in [0.2, 0.25) is 0 Å². The Bertz CT molecular complexity index is 1230. The van der Waals surface area contributed by atoms with Gasteiger partial charge in [0.15, 0.2) is 0 Å². The second-order valence-electron chi connectivity index (χ2n) is 8.53. The molecule has 0 radical (unpaired) electrons. The quantitative estimate of drug-likeness (QED) is 0.735. The molecule has 1 amide bonds. The number of nitrogens with zero attached hydrogens (tertiary/aromatic N) is 2. The molecular formula is C24H27N3O5. The van der Waals surface area contributed by atoms with Crippen LogP contribution in [0.15, 0.2) is 46.6 Å². The summed E-state index contributed by atoms with van der Waals surface area (Å²) in [5.41, 5.74) is 5.79. The number of fused-ring (bicyclic) bond motifs is 4. The molecule has 0 aliphatic carbocycles. The van der Waals surface area contributed by atoms with Gasteiger partial charge in [0, 0.05) is 36.6 Å². The maximum atomic E-state index is 14.3. The van der Waals surface area contributed by atoms with Crippen molar-refractivity contribution in [1.82, 2.24) is 4.57 Å². The third-order valence-electron chi connectivity index (χ3n) is 6.04. The van der Waals surface area contributed by atoms with Crippen LogP contribution >= 0.6 is 0 Å². The largest absolute Gasteiger partial charge is 0.462 e. The second-order valence-corrected chi connectivity index (χ2v) is 8.53. The average molecular weight is 437 g/mol. The van der Waals surface area contributed by atoms with E-state index in [9.17, 15) is 14.4 Å². The number of carbonyl (C=O) groups is 2. The second kappa shape index (κ2) is 7.55. The topological polar surface area (TPSA) is 104 Å². The summed E-state index contributed by atoms with van der Waals surface area (Å²) < 4.78 is 12.5. The number of nitrogens with two attached hydrogens (primary N) is 1. The number of aryl methyl sites for hydroxylation is 1. The molecule has 0 saturated heterocycles. The summed E-state index contributed by atoms with van der Waals surface area (Å²) in [5.74, 6) is -1.12. The minimum atomic E-state index is -1.75. The van der Waals surface area contributed by atoms with Crippen LogP contribution in [-0.2, 0) is 26.8 Å². The summed E-state index contributed by atoms with van der Waals surface area (Å²) >= 11 is 0. The molecule has 1 aromatic carbocycles. The van der Waals surface area contributed by atoms with Crippen LogP contribution in [0, 0.1) is 12.8 Å². The van der Waals surface area contributed by atoms with Crippen molar-refractivity contribution < 1.29 is 19.1 Å². The first-order chi connectivity index (χ1) is 15.2. The Morgan fingerprint density at radius 3 is 2.59 bits per heavy atom. The molecular weight excluding hydrogens is 410 g/mol. The van der Waals surface area contributed by atoms with Gasteiger partial charge in [0.05, 0.1) is 12.2 Å². The van der Waals surface area contributed by atoms with Gasteiger partial charge in [-0.1, -0.05) is 32.0 Å². The zero-order valence-electron chi connectivity index (χ0n) is 18.9. The van der Waals surface area contributed by atoms with Crippen LogP contribution in [0.5, 0.6) is 5.75 Å². The molecule has 0 saturated carbocycles. The number of hydrogen-bond acceptors (Lipinski definition) is 6. The number of hydrogen-bond donors (Lipinski definition) is 1. The van der Waals surface area contributed by atoms with Gasteiger partial charge in [-0.2, -0.15) is 0 Å². The minimum absolute atomic E-state index is 0.0755. The molecule has 1 unspecified atom stereocenters. The molecule has 168 valence electrons. The van der Waals surface area contributed by atoms with E-state index in [1.807, 2.05) is 26.0 Å². The first-order valence-corrected chi connectivity index (χ1v) is 10.6. The standard InChI is InChI=1S/C24H27N3O5/c1-6-31-22(29)19-20(25)32-17-11-14(4)26(5)21(28)18(17)24(19)15-9-7-8-10-16(15)27(23(24)30)12-13(2)3/h7-11,13H,6,12,25H2,1-5H3. The molecule has 0 fully saturated rings. The number of para-hydroxylation sites is 1. The molecule has 2 aliphatic rings. The van der Waals surface area contributed by atoms with E-state index in [0.29, 0.717) is 23.5 Å². The van der Waals surface area contributed by atoms with E-state index in [-0.39, 0.29) is 35.3 Å². The van der Waals surface area contributed by atoms with E-state index >= 15 is 0 Å². The van der Waals surface area contributed by atoms with E-state index in [1.165, 1.54) is 4.57 Å². The number of amides is 1. The summed E-state index contributed by atoms with van der Waals surface area (Å²) in [6.07, 6.45) is 0. The van der Waals surface area contributed by atoms with Gasteiger partial charge in [0.25, 0.3) is 5.56 Å². The SMILES string of the molecule is CCOC(=O)C1=C(N)Oc2cc(C)n(C)c(=O)c2C12C(=O)N(CC(C)C)c1ccccc12. The molecule has 8 nitrogen and oxygen atoms in total. The van der Waals surface area contributed by atoms with E-state index in [2.05, 4.69) is 0 Å². The third-order valence-corrected chi connectivity index (χ3v) is 6.04. The predicted octanol–water partition coefficient (Wildman–Crippen LogP) is 2.11. The highest BCUT2D eigenvalue weighted by Gasteiger charge is 2.62. The number of carbonyl (C=O) groups excluding carboxylic acids is 2. The molecule has 32 heavy (non-hydrogen) atoms. The highest BCUT2D eigenvalue weighted by Crippen LogP contribution is 2.54. The molecule has 1 atom stereocenters. The lowest BCUT2D eigenvalue weighted by atomic mass is 9.68. The van der Waals surface area contributed by atoms with Gasteiger partial charge in [0.2, 0.25) is 11.8 Å². The fraction of sp³-hybridized carbons (Fsp3) is 0.375. The fourth-order valence-electron chi connectivity index (χ4n) is 4.64. The summed E-state index contributed by atoms with van der Waals surface area (Å²) in [7, 11) is 1.62. The molecule has 2 N–H and O–H groups in total. The smallest absolute Gasteiger partial charge is 0.341 e. The van der Waals surface area contributed by atoms with Gasteiger partial charge >= 0.3 is 5.97 Å². The molecule has 0 bridgehead atoms. The lowest BCUT2D eigenvalue weighted by Crippen LogP contribution is -2.52. The molecule has 1 aromatic heterocycles. The van der Waals surface area contributed by atoms with Crippen molar-refractivity contribution in [2.24, 2.45) is 18.7 Å². The van der Waals surface area contributed by atoms with Crippen LogP contribution in [0.1, 0.15) is 37.6 Å². The van der Waals surface area contributed by atoms with E-state index in [1.54, 1.807) is 44.0 Å². The number of esters is 1. The van der Waals surface area contributed by atoms with Crippen LogP contribution < -0.4 is 20.9 Å². The Kier molecular flexibility index (Phi) is 5.11. The third kappa shape index (κ3) is 2.78. The van der Waals surface area contributed by atoms with Crippen molar-refractivity contribution in [3.63, 3.8) is 0 Å². The number of rotatable bonds is 4. The lowest BCUT2D eigenvalue weighted by molar-refractivity contribution is -0.140. The van der Waals surface area contributed by atoms with Crippen molar-refractivity contribution in [2.45, 2.75) is 33.1 Å². The molecule has 3 heterocycles. The van der Waals surface area contributed by atoms with Crippen molar-refractivity contribution in [3.8, 4) is 5.75 Å². The van der Waals surface area contributed by atoms with Crippen molar-refractivity contribution in [3.05, 3.63) is 69.0 Å². The highest BCUT2D eigenvalue weighted by molar-refractivity contribution is 6.18.